The fourth-order valence-corrected chi connectivity index (χ4v) is 6.08. The SMILES string of the molecule is O=S(=O)(Cl)CCS(=O)(=O)OCCOS(=O)(=O)CCS(=O)(=O)Cl. The van der Waals surface area contributed by atoms with Crippen LogP contribution < -0.4 is 0 Å². The highest BCUT2D eigenvalue weighted by Gasteiger charge is 2.19. The van der Waals surface area contributed by atoms with Crippen LogP contribution in [-0.2, 0) is 46.7 Å². The van der Waals surface area contributed by atoms with Gasteiger partial charge >= 0.3 is 0 Å². The van der Waals surface area contributed by atoms with Gasteiger partial charge in [0.05, 0.1) is 36.2 Å². The molecule has 0 saturated heterocycles. The number of halogens is 2. The summed E-state index contributed by atoms with van der Waals surface area (Å²) in [5, 5.41) is 0. The Balaban J connectivity index is 4.21. The second kappa shape index (κ2) is 8.41. The minimum atomic E-state index is -4.22. The molecule has 0 atom stereocenters. The highest BCUT2D eigenvalue weighted by atomic mass is 35.7. The molecule has 0 unspecified atom stereocenters. The normalized spacial score (nSPS) is 14.1. The van der Waals surface area contributed by atoms with E-state index in [-0.39, 0.29) is 0 Å². The lowest BCUT2D eigenvalue weighted by molar-refractivity contribution is 0.225. The fraction of sp³-hybridized carbons (Fsp3) is 1.00. The van der Waals surface area contributed by atoms with E-state index in [0.717, 1.165) is 0 Å². The predicted molar refractivity (Wildman–Crippen MR) is 78.8 cm³/mol. The molecule has 10 nitrogen and oxygen atoms in total. The van der Waals surface area contributed by atoms with Crippen LogP contribution in [-0.4, -0.2) is 69.9 Å². The van der Waals surface area contributed by atoms with Crippen molar-refractivity contribution in [3.05, 3.63) is 0 Å². The fourth-order valence-electron chi connectivity index (χ4n) is 0.843. The first-order valence-corrected chi connectivity index (χ1v) is 13.3. The molecule has 16 heteroatoms. The zero-order valence-electron chi connectivity index (χ0n) is 10.7. The molecule has 0 rings (SSSR count). The van der Waals surface area contributed by atoms with Gasteiger partial charge in [-0.15, -0.1) is 0 Å². The van der Waals surface area contributed by atoms with Crippen molar-refractivity contribution in [2.75, 3.05) is 36.2 Å². The summed E-state index contributed by atoms with van der Waals surface area (Å²) in [5.41, 5.74) is 0. The van der Waals surface area contributed by atoms with Gasteiger partial charge in [-0.2, -0.15) is 16.8 Å². The maximum Gasteiger partial charge on any atom is 0.268 e. The van der Waals surface area contributed by atoms with E-state index in [1.165, 1.54) is 0 Å². The summed E-state index contributed by atoms with van der Waals surface area (Å²) >= 11 is 0. The average molecular weight is 443 g/mol. The summed E-state index contributed by atoms with van der Waals surface area (Å²) < 4.78 is 95.7. The van der Waals surface area contributed by atoms with Crippen LogP contribution >= 0.6 is 21.4 Å². The van der Waals surface area contributed by atoms with Gasteiger partial charge in [0.1, 0.15) is 0 Å². The molecule has 0 aliphatic carbocycles. The Labute approximate surface area is 137 Å². The molecule has 0 aliphatic heterocycles. The lowest BCUT2D eigenvalue weighted by atomic mass is 10.8. The summed E-state index contributed by atoms with van der Waals surface area (Å²) in [5.74, 6) is -3.56. The van der Waals surface area contributed by atoms with Crippen molar-refractivity contribution in [1.82, 2.24) is 0 Å². The van der Waals surface area contributed by atoms with Crippen LogP contribution in [0.3, 0.4) is 0 Å². The third-order valence-electron chi connectivity index (χ3n) is 1.76. The molecule has 0 aromatic rings. The van der Waals surface area contributed by atoms with Gasteiger partial charge in [-0.3, -0.25) is 8.37 Å². The molecule has 0 N–H and O–H groups in total. The molecular formula is C6H12Cl2O10S4. The van der Waals surface area contributed by atoms with Gasteiger partial charge < -0.3 is 0 Å². The minimum Gasteiger partial charge on any atom is -0.268 e. The Morgan fingerprint density at radius 2 is 0.818 bits per heavy atom. The van der Waals surface area contributed by atoms with Crippen LogP contribution in [0.2, 0.25) is 0 Å². The van der Waals surface area contributed by atoms with Crippen molar-refractivity contribution in [3.63, 3.8) is 0 Å². The first-order valence-electron chi connectivity index (χ1n) is 5.21. The Morgan fingerprint density at radius 3 is 1.05 bits per heavy atom. The predicted octanol–water partition coefficient (Wildman–Crippen LogP) is -1.18. The third-order valence-corrected chi connectivity index (χ3v) is 7.05. The summed E-state index contributed by atoms with van der Waals surface area (Å²) in [7, 11) is -6.84. The highest BCUT2D eigenvalue weighted by molar-refractivity contribution is 8.14. The topological polar surface area (TPSA) is 155 Å². The van der Waals surface area contributed by atoms with Gasteiger partial charge in [0.2, 0.25) is 18.1 Å². The molecule has 0 amide bonds. The third kappa shape index (κ3) is 13.9. The van der Waals surface area contributed by atoms with Crippen molar-refractivity contribution >= 4 is 59.7 Å². The standard InChI is InChI=1S/C6H12Cl2O10S4/c7-19(9,10)3-5-21(13,14)17-1-2-18-22(15,16)6-4-20(8,11)12/h1-6H2. The Bertz CT molecular complexity index is 695. The summed E-state index contributed by atoms with van der Waals surface area (Å²) in [6.45, 7) is -1.42. The van der Waals surface area contributed by atoms with Gasteiger partial charge in [0.25, 0.3) is 20.2 Å². The first-order chi connectivity index (χ1) is 9.62. The summed E-state index contributed by atoms with van der Waals surface area (Å²) in [6.07, 6.45) is 0. The molecule has 0 aromatic heterocycles. The molecule has 22 heavy (non-hydrogen) atoms. The molecular weight excluding hydrogens is 431 g/mol. The van der Waals surface area contributed by atoms with Crippen LogP contribution in [0.5, 0.6) is 0 Å². The van der Waals surface area contributed by atoms with Crippen LogP contribution in [0.25, 0.3) is 0 Å². The second-order valence-corrected chi connectivity index (χ2v) is 13.0. The van der Waals surface area contributed by atoms with E-state index in [9.17, 15) is 33.7 Å². The van der Waals surface area contributed by atoms with Gasteiger partial charge in [-0.25, -0.2) is 16.8 Å². The Morgan fingerprint density at radius 1 is 0.545 bits per heavy atom. The van der Waals surface area contributed by atoms with E-state index >= 15 is 0 Å². The van der Waals surface area contributed by atoms with Crippen molar-refractivity contribution < 1.29 is 42.0 Å². The first kappa shape index (κ1) is 22.3. The Hall–Kier alpha value is 0.300. The molecule has 0 spiro atoms. The van der Waals surface area contributed by atoms with E-state index in [0.29, 0.717) is 0 Å². The van der Waals surface area contributed by atoms with Crippen LogP contribution in [0.15, 0.2) is 0 Å². The summed E-state index contributed by atoms with van der Waals surface area (Å²) in [4.78, 5) is 0. The maximum absolute atomic E-state index is 11.2. The maximum atomic E-state index is 11.2. The largest absolute Gasteiger partial charge is 0.268 e. The zero-order valence-corrected chi connectivity index (χ0v) is 15.5. The van der Waals surface area contributed by atoms with E-state index in [4.69, 9.17) is 21.4 Å². The lowest BCUT2D eigenvalue weighted by Gasteiger charge is -2.06. The van der Waals surface area contributed by atoms with Crippen LogP contribution in [0.4, 0.5) is 0 Å². The molecule has 134 valence electrons. The van der Waals surface area contributed by atoms with Crippen LogP contribution in [0.1, 0.15) is 0 Å². The number of hydrogen-bond donors (Lipinski definition) is 0. The average Bonchev–Trinajstić information content (AvgIpc) is 2.29. The zero-order chi connectivity index (χ0) is 17.7. The van der Waals surface area contributed by atoms with E-state index in [1.54, 1.807) is 0 Å². The van der Waals surface area contributed by atoms with Gasteiger partial charge in [0, 0.05) is 21.4 Å². The highest BCUT2D eigenvalue weighted by Crippen LogP contribution is 2.03. The molecule has 0 heterocycles. The Kier molecular flexibility index (Phi) is 8.53. The molecule has 0 fully saturated rings. The smallest absolute Gasteiger partial charge is 0.268 e. The number of rotatable bonds is 11. The van der Waals surface area contributed by atoms with Gasteiger partial charge in [-0.05, 0) is 0 Å². The van der Waals surface area contributed by atoms with E-state index in [1.807, 2.05) is 0 Å². The van der Waals surface area contributed by atoms with Crippen molar-refractivity contribution in [3.8, 4) is 0 Å². The second-order valence-electron chi connectivity index (χ2n) is 3.65. The minimum absolute atomic E-state index is 0.711. The molecule has 0 saturated carbocycles. The monoisotopic (exact) mass is 442 g/mol. The van der Waals surface area contributed by atoms with Crippen molar-refractivity contribution in [2.45, 2.75) is 0 Å². The molecule has 0 aliphatic rings. The van der Waals surface area contributed by atoms with Gasteiger partial charge in [0.15, 0.2) is 0 Å². The van der Waals surface area contributed by atoms with Gasteiger partial charge in [-0.1, -0.05) is 0 Å². The quantitative estimate of drug-likeness (QED) is 0.216. The van der Waals surface area contributed by atoms with E-state index < -0.39 is 74.6 Å². The van der Waals surface area contributed by atoms with Crippen molar-refractivity contribution in [1.29, 1.82) is 0 Å². The number of hydrogen-bond acceptors (Lipinski definition) is 10. The molecule has 0 aromatic carbocycles. The lowest BCUT2D eigenvalue weighted by Crippen LogP contribution is -2.21. The van der Waals surface area contributed by atoms with E-state index in [2.05, 4.69) is 8.37 Å². The molecule has 0 radical (unpaired) electrons. The van der Waals surface area contributed by atoms with Crippen molar-refractivity contribution in [2.24, 2.45) is 0 Å². The summed E-state index contributed by atoms with van der Waals surface area (Å²) in [6, 6.07) is 0. The van der Waals surface area contributed by atoms with Crippen LogP contribution in [0, 0.1) is 0 Å². The molecule has 0 bridgehead atoms.